The van der Waals surface area contributed by atoms with Gasteiger partial charge >= 0.3 is 12.4 Å². The van der Waals surface area contributed by atoms with Crippen LogP contribution in [0.4, 0.5) is 26.3 Å². The van der Waals surface area contributed by atoms with Crippen LogP contribution in [0.5, 0.6) is 0 Å². The molecule has 13 heteroatoms. The van der Waals surface area contributed by atoms with Gasteiger partial charge < -0.3 is 5.32 Å². The maximum absolute atomic E-state index is 13.8. The normalized spacial score (nSPS) is 12.1. The number of amides is 1. The Morgan fingerprint density at radius 1 is 0.947 bits per heavy atom. The van der Waals surface area contributed by atoms with Crippen LogP contribution >= 0.6 is 23.4 Å². The maximum Gasteiger partial charge on any atom is 0.418 e. The number of fused-ring (bicyclic) bond motifs is 1. The van der Waals surface area contributed by atoms with E-state index in [2.05, 4.69) is 10.3 Å². The van der Waals surface area contributed by atoms with Crippen LogP contribution in [0, 0.1) is 0 Å². The van der Waals surface area contributed by atoms with E-state index >= 15 is 0 Å². The number of para-hydroxylation sites is 1. The van der Waals surface area contributed by atoms with Crippen molar-refractivity contribution in [2.75, 3.05) is 5.75 Å². The molecule has 1 aromatic heterocycles. The van der Waals surface area contributed by atoms with E-state index in [1.54, 1.807) is 24.3 Å². The Balaban J connectivity index is 1.76. The van der Waals surface area contributed by atoms with Crippen molar-refractivity contribution < 1.29 is 31.1 Å². The second-order valence-corrected chi connectivity index (χ2v) is 9.35. The molecule has 0 atom stereocenters. The molecule has 0 unspecified atom stereocenters. The Morgan fingerprint density at radius 2 is 1.63 bits per heavy atom. The van der Waals surface area contributed by atoms with Crippen LogP contribution in [-0.2, 0) is 23.7 Å². The van der Waals surface area contributed by atoms with Crippen LogP contribution in [0.25, 0.3) is 16.6 Å². The molecule has 0 saturated heterocycles. The highest BCUT2D eigenvalue weighted by atomic mass is 35.5. The lowest BCUT2D eigenvalue weighted by molar-refractivity contribution is -0.141. The molecule has 0 saturated carbocycles. The second-order valence-electron chi connectivity index (χ2n) is 7.97. The summed E-state index contributed by atoms with van der Waals surface area (Å²) < 4.78 is 82.3. The van der Waals surface area contributed by atoms with Gasteiger partial charge in [0.25, 0.3) is 5.56 Å². The third kappa shape index (κ3) is 6.13. The molecule has 1 amide bonds. The lowest BCUT2D eigenvalue weighted by Gasteiger charge is -2.19. The predicted molar refractivity (Wildman–Crippen MR) is 131 cm³/mol. The van der Waals surface area contributed by atoms with Crippen LogP contribution in [0.15, 0.2) is 76.7 Å². The number of nitrogens with one attached hydrogen (secondary N) is 1. The highest BCUT2D eigenvalue weighted by Gasteiger charge is 2.38. The summed E-state index contributed by atoms with van der Waals surface area (Å²) in [6.45, 7) is 0.125. The molecule has 3 aromatic carbocycles. The van der Waals surface area contributed by atoms with E-state index in [9.17, 15) is 35.9 Å². The number of hydrogen-bond acceptors (Lipinski definition) is 4. The SMILES string of the molecule is O=C(CSc1nc2ccccc2c(=O)n1-c1cc(C(F)(F)F)ccc1C(F)(F)F)NCc1ccc(Cl)cc1. The number of alkyl halides is 6. The molecule has 0 aliphatic carbocycles. The van der Waals surface area contributed by atoms with Gasteiger partial charge in [0, 0.05) is 11.6 Å². The van der Waals surface area contributed by atoms with Crippen LogP contribution < -0.4 is 10.9 Å². The van der Waals surface area contributed by atoms with Crippen molar-refractivity contribution in [3.05, 3.63) is 98.8 Å². The summed E-state index contributed by atoms with van der Waals surface area (Å²) in [5, 5.41) is 2.64. The van der Waals surface area contributed by atoms with E-state index in [1.807, 2.05) is 0 Å². The standard InChI is InChI=1S/C25H16ClF6N3O2S/c26-16-8-5-14(6-9-16)12-33-21(36)13-38-23-34-19-4-2-1-3-17(19)22(37)35(23)20-11-15(24(27,28)29)7-10-18(20)25(30,31)32/h1-11H,12-13H2,(H,33,36). The molecule has 4 rings (SSSR count). The molecular formula is C25H16ClF6N3O2S. The fourth-order valence-electron chi connectivity index (χ4n) is 3.54. The maximum atomic E-state index is 13.8. The first-order valence-corrected chi connectivity index (χ1v) is 12.2. The average Bonchev–Trinajstić information content (AvgIpc) is 2.86. The van der Waals surface area contributed by atoms with Crippen molar-refractivity contribution in [2.24, 2.45) is 0 Å². The van der Waals surface area contributed by atoms with E-state index in [0.29, 0.717) is 27.4 Å². The van der Waals surface area contributed by atoms with Crippen LogP contribution in [0.2, 0.25) is 5.02 Å². The van der Waals surface area contributed by atoms with Gasteiger partial charge in [-0.3, -0.25) is 14.2 Å². The van der Waals surface area contributed by atoms with Crippen molar-refractivity contribution in [3.63, 3.8) is 0 Å². The third-order valence-electron chi connectivity index (χ3n) is 5.35. The summed E-state index contributed by atoms with van der Waals surface area (Å²) in [4.78, 5) is 30.0. The fraction of sp³-hybridized carbons (Fsp3) is 0.160. The molecule has 1 N–H and O–H groups in total. The molecule has 0 fully saturated rings. The van der Waals surface area contributed by atoms with Gasteiger partial charge in [0.15, 0.2) is 5.16 Å². The van der Waals surface area contributed by atoms with Crippen LogP contribution in [0.1, 0.15) is 16.7 Å². The van der Waals surface area contributed by atoms with E-state index in [4.69, 9.17) is 11.6 Å². The van der Waals surface area contributed by atoms with E-state index in [-0.39, 0.29) is 40.5 Å². The minimum absolute atomic E-state index is 0.102. The predicted octanol–water partition coefficient (Wildman–Crippen LogP) is 6.49. The Labute approximate surface area is 220 Å². The van der Waals surface area contributed by atoms with Gasteiger partial charge in [0.05, 0.1) is 33.5 Å². The van der Waals surface area contributed by atoms with Gasteiger partial charge in [-0.1, -0.05) is 47.6 Å². The molecule has 0 aliphatic rings. The van der Waals surface area contributed by atoms with Gasteiger partial charge in [0.2, 0.25) is 5.91 Å². The molecule has 1 heterocycles. The van der Waals surface area contributed by atoms with Gasteiger partial charge in [-0.15, -0.1) is 0 Å². The van der Waals surface area contributed by atoms with E-state index < -0.39 is 40.6 Å². The first-order valence-electron chi connectivity index (χ1n) is 10.8. The summed E-state index contributed by atoms with van der Waals surface area (Å²) in [6.07, 6.45) is -10.1. The number of carbonyl (C=O) groups is 1. The van der Waals surface area contributed by atoms with Gasteiger partial charge in [-0.05, 0) is 48.0 Å². The van der Waals surface area contributed by atoms with Crippen molar-refractivity contribution in [1.82, 2.24) is 14.9 Å². The number of nitrogens with zero attached hydrogens (tertiary/aromatic N) is 2. The summed E-state index contributed by atoms with van der Waals surface area (Å²) in [5.74, 6) is -0.919. The lowest BCUT2D eigenvalue weighted by atomic mass is 10.1. The first kappa shape index (κ1) is 27.5. The monoisotopic (exact) mass is 571 g/mol. The highest BCUT2D eigenvalue weighted by Crippen LogP contribution is 2.38. The molecule has 5 nitrogen and oxygen atoms in total. The van der Waals surface area contributed by atoms with Crippen molar-refractivity contribution in [1.29, 1.82) is 0 Å². The van der Waals surface area contributed by atoms with Gasteiger partial charge in [0.1, 0.15) is 0 Å². The number of carbonyl (C=O) groups excluding carboxylic acids is 1. The summed E-state index contributed by atoms with van der Waals surface area (Å²) in [7, 11) is 0. The molecule has 198 valence electrons. The van der Waals surface area contributed by atoms with Crippen molar-refractivity contribution in [2.45, 2.75) is 24.1 Å². The number of aromatic nitrogens is 2. The molecule has 0 radical (unpaired) electrons. The number of halogens is 7. The number of thioether (sulfide) groups is 1. The van der Waals surface area contributed by atoms with Gasteiger partial charge in [-0.2, -0.15) is 26.3 Å². The van der Waals surface area contributed by atoms with Crippen LogP contribution in [0.3, 0.4) is 0 Å². The van der Waals surface area contributed by atoms with E-state index in [0.717, 1.165) is 5.56 Å². The number of rotatable bonds is 6. The van der Waals surface area contributed by atoms with Crippen molar-refractivity contribution >= 4 is 40.2 Å². The Hall–Kier alpha value is -3.51. The molecule has 4 aromatic rings. The molecule has 38 heavy (non-hydrogen) atoms. The minimum atomic E-state index is -5.08. The summed E-state index contributed by atoms with van der Waals surface area (Å²) in [6, 6.07) is 13.2. The number of benzene rings is 3. The van der Waals surface area contributed by atoms with Crippen LogP contribution in [-0.4, -0.2) is 21.2 Å². The minimum Gasteiger partial charge on any atom is -0.351 e. The topological polar surface area (TPSA) is 64.0 Å². The van der Waals surface area contributed by atoms with Gasteiger partial charge in [-0.25, -0.2) is 4.98 Å². The molecule has 0 bridgehead atoms. The zero-order valence-electron chi connectivity index (χ0n) is 19.0. The highest BCUT2D eigenvalue weighted by molar-refractivity contribution is 7.99. The summed E-state index contributed by atoms with van der Waals surface area (Å²) >= 11 is 6.45. The fourth-order valence-corrected chi connectivity index (χ4v) is 4.50. The molecule has 0 spiro atoms. The first-order chi connectivity index (χ1) is 17.8. The molecule has 0 aliphatic heterocycles. The smallest absolute Gasteiger partial charge is 0.351 e. The van der Waals surface area contributed by atoms with Crippen molar-refractivity contribution in [3.8, 4) is 5.69 Å². The Kier molecular flexibility index (Phi) is 7.75. The Morgan fingerprint density at radius 3 is 2.29 bits per heavy atom. The second kappa shape index (κ2) is 10.7. The molecular weight excluding hydrogens is 556 g/mol. The Bertz CT molecular complexity index is 1550. The zero-order chi connectivity index (χ0) is 27.7. The third-order valence-corrected chi connectivity index (χ3v) is 6.54. The lowest BCUT2D eigenvalue weighted by Crippen LogP contribution is -2.27. The number of hydrogen-bond donors (Lipinski definition) is 1. The van der Waals surface area contributed by atoms with E-state index in [1.165, 1.54) is 24.3 Å². The zero-order valence-corrected chi connectivity index (χ0v) is 20.6. The summed E-state index contributed by atoms with van der Waals surface area (Å²) in [5.41, 5.74) is -4.05. The average molecular weight is 572 g/mol. The quantitative estimate of drug-likeness (QED) is 0.163. The largest absolute Gasteiger partial charge is 0.418 e.